The first-order valence-corrected chi connectivity index (χ1v) is 12.3. The van der Waals surface area contributed by atoms with E-state index in [1.54, 1.807) is 30.5 Å². The van der Waals surface area contributed by atoms with Gasteiger partial charge in [0.1, 0.15) is 11.5 Å². The number of likely N-dealkylation sites (N-methyl/N-ethyl adjacent to an activating group) is 1. The third-order valence-electron chi connectivity index (χ3n) is 6.50. The minimum atomic E-state index is -0.655. The molecule has 1 aromatic carbocycles. The molecule has 3 N–H and O–H groups in total. The number of amides is 2. The van der Waals surface area contributed by atoms with Gasteiger partial charge in [-0.3, -0.25) is 14.7 Å². The van der Waals surface area contributed by atoms with Crippen LogP contribution in [0.5, 0.6) is 0 Å². The largest absolute Gasteiger partial charge is 0.349 e. The van der Waals surface area contributed by atoms with Crippen molar-refractivity contribution in [3.63, 3.8) is 0 Å². The second-order valence-corrected chi connectivity index (χ2v) is 9.50. The maximum absolute atomic E-state index is 15.0. The molecule has 2 atom stereocenters. The average Bonchev–Trinajstić information content (AvgIpc) is 3.59. The monoisotopic (exact) mass is 530 g/mol. The number of hydrogen-bond acceptors (Lipinski definition) is 8. The SMILES string of the molecule is C=CC(=O)N[C@H]1C[C@@H](c2nc(-c3ccc(NC(=O)c4cccc(-c5[nH]ncc5C)n4)c(F)c3)no2)CN(C)C1. The molecule has 5 rings (SSSR count). The van der Waals surface area contributed by atoms with Crippen molar-refractivity contribution in [3.05, 3.63) is 78.2 Å². The number of carbonyl (C=O) groups is 2. The van der Waals surface area contributed by atoms with E-state index in [1.165, 1.54) is 18.2 Å². The van der Waals surface area contributed by atoms with Gasteiger partial charge >= 0.3 is 0 Å². The molecule has 1 fully saturated rings. The van der Waals surface area contributed by atoms with Gasteiger partial charge in [0, 0.05) is 24.7 Å². The number of aromatic nitrogens is 5. The fourth-order valence-corrected chi connectivity index (χ4v) is 4.63. The molecule has 12 heteroatoms. The number of aryl methyl sites for hydroxylation is 1. The molecular weight excluding hydrogens is 503 g/mol. The van der Waals surface area contributed by atoms with E-state index < -0.39 is 11.7 Å². The van der Waals surface area contributed by atoms with Crippen molar-refractivity contribution >= 4 is 17.5 Å². The number of anilines is 1. The summed E-state index contributed by atoms with van der Waals surface area (Å²) in [4.78, 5) is 35.5. The minimum absolute atomic E-state index is 0.00732. The van der Waals surface area contributed by atoms with Gasteiger partial charge in [-0.05, 0) is 62.4 Å². The quantitative estimate of drug-likeness (QED) is 0.309. The topological polar surface area (TPSA) is 142 Å². The van der Waals surface area contributed by atoms with Gasteiger partial charge < -0.3 is 20.1 Å². The minimum Gasteiger partial charge on any atom is -0.349 e. The Bertz CT molecular complexity index is 1530. The van der Waals surface area contributed by atoms with Crippen LogP contribution in [0, 0.1) is 12.7 Å². The predicted octanol–water partition coefficient (Wildman–Crippen LogP) is 3.31. The van der Waals surface area contributed by atoms with Crippen molar-refractivity contribution in [2.24, 2.45) is 0 Å². The predicted molar refractivity (Wildman–Crippen MR) is 141 cm³/mol. The highest BCUT2D eigenvalue weighted by Gasteiger charge is 2.31. The number of likely N-dealkylation sites (tertiary alicyclic amines) is 1. The lowest BCUT2D eigenvalue weighted by molar-refractivity contribution is -0.117. The first-order chi connectivity index (χ1) is 18.8. The average molecular weight is 531 g/mol. The van der Waals surface area contributed by atoms with Gasteiger partial charge in [0.05, 0.1) is 29.2 Å². The van der Waals surface area contributed by atoms with Crippen LogP contribution in [-0.2, 0) is 4.79 Å². The Kier molecular flexibility index (Phi) is 7.28. The Morgan fingerprint density at radius 3 is 2.82 bits per heavy atom. The van der Waals surface area contributed by atoms with Crippen LogP contribution < -0.4 is 10.6 Å². The van der Waals surface area contributed by atoms with Gasteiger partial charge in [-0.2, -0.15) is 10.1 Å². The third-order valence-corrected chi connectivity index (χ3v) is 6.50. The molecule has 0 radical (unpaired) electrons. The number of hydrogen-bond donors (Lipinski definition) is 3. The number of benzene rings is 1. The lowest BCUT2D eigenvalue weighted by Gasteiger charge is -2.34. The van der Waals surface area contributed by atoms with Crippen LogP contribution in [0.3, 0.4) is 0 Å². The highest BCUT2D eigenvalue weighted by atomic mass is 19.1. The number of rotatable bonds is 7. The van der Waals surface area contributed by atoms with E-state index in [1.807, 2.05) is 14.0 Å². The van der Waals surface area contributed by atoms with Crippen LogP contribution in [0.1, 0.15) is 34.3 Å². The van der Waals surface area contributed by atoms with Crippen molar-refractivity contribution in [1.29, 1.82) is 0 Å². The van der Waals surface area contributed by atoms with Crippen LogP contribution in [0.25, 0.3) is 22.8 Å². The van der Waals surface area contributed by atoms with Gasteiger partial charge in [-0.15, -0.1) is 0 Å². The van der Waals surface area contributed by atoms with Crippen LogP contribution >= 0.6 is 0 Å². The summed E-state index contributed by atoms with van der Waals surface area (Å²) in [5.41, 5.74) is 2.67. The molecular formula is C27H27FN8O3. The molecule has 0 spiro atoms. The Balaban J connectivity index is 1.28. The number of aromatic amines is 1. The molecule has 200 valence electrons. The highest BCUT2D eigenvalue weighted by molar-refractivity contribution is 6.03. The Labute approximate surface area is 223 Å². The second-order valence-electron chi connectivity index (χ2n) is 9.50. The van der Waals surface area contributed by atoms with E-state index in [9.17, 15) is 14.0 Å². The van der Waals surface area contributed by atoms with Gasteiger partial charge in [0.25, 0.3) is 5.91 Å². The number of piperidine rings is 1. The Morgan fingerprint density at radius 1 is 1.23 bits per heavy atom. The van der Waals surface area contributed by atoms with Crippen LogP contribution in [0.2, 0.25) is 0 Å². The zero-order chi connectivity index (χ0) is 27.5. The molecule has 4 aromatic rings. The summed E-state index contributed by atoms with van der Waals surface area (Å²) < 4.78 is 20.5. The summed E-state index contributed by atoms with van der Waals surface area (Å²) >= 11 is 0. The molecule has 2 amide bonds. The maximum Gasteiger partial charge on any atom is 0.274 e. The molecule has 4 heterocycles. The number of H-pyrrole nitrogens is 1. The van der Waals surface area contributed by atoms with Crippen LogP contribution in [0.15, 0.2) is 59.8 Å². The summed E-state index contributed by atoms with van der Waals surface area (Å²) in [7, 11) is 1.95. The summed E-state index contributed by atoms with van der Waals surface area (Å²) in [6, 6.07) is 9.20. The molecule has 0 unspecified atom stereocenters. The molecule has 11 nitrogen and oxygen atoms in total. The first-order valence-electron chi connectivity index (χ1n) is 12.3. The van der Waals surface area contributed by atoms with Gasteiger partial charge in [0.2, 0.25) is 17.6 Å². The number of halogens is 1. The summed E-state index contributed by atoms with van der Waals surface area (Å²) in [6.07, 6.45) is 3.53. The zero-order valence-corrected chi connectivity index (χ0v) is 21.4. The lowest BCUT2D eigenvalue weighted by Crippen LogP contribution is -2.48. The summed E-state index contributed by atoms with van der Waals surface area (Å²) in [5.74, 6) is -0.910. The second kappa shape index (κ2) is 11.0. The standard InChI is InChI=1S/C27H27FN8O3/c1-4-23(37)30-18-10-17(13-36(3)14-18)27-33-25(35-39-27)16-8-9-20(19(28)11-16)32-26(38)22-7-5-6-21(31-22)24-15(2)12-29-34-24/h4-9,11-12,17-18H,1,10,13-14H2,2-3H3,(H,29,34)(H,30,37)(H,32,38)/t17-,18+/m1/s1. The number of pyridine rings is 1. The van der Waals surface area contributed by atoms with Gasteiger partial charge in [-0.1, -0.05) is 17.8 Å². The van der Waals surface area contributed by atoms with E-state index in [2.05, 4.69) is 47.4 Å². The van der Waals surface area contributed by atoms with Crippen molar-refractivity contribution in [3.8, 4) is 22.8 Å². The maximum atomic E-state index is 15.0. The molecule has 1 aliphatic heterocycles. The zero-order valence-electron chi connectivity index (χ0n) is 21.4. The van der Waals surface area contributed by atoms with Crippen molar-refractivity contribution in [2.45, 2.75) is 25.3 Å². The molecule has 39 heavy (non-hydrogen) atoms. The normalized spacial score (nSPS) is 17.5. The van der Waals surface area contributed by atoms with E-state index in [0.717, 1.165) is 5.56 Å². The summed E-state index contributed by atoms with van der Waals surface area (Å²) in [6.45, 7) is 6.74. The van der Waals surface area contributed by atoms with Crippen molar-refractivity contribution < 1.29 is 18.5 Å². The Morgan fingerprint density at radius 2 is 2.08 bits per heavy atom. The Hall–Kier alpha value is -4.71. The number of nitrogens with zero attached hydrogens (tertiary/aromatic N) is 5. The molecule has 1 aliphatic rings. The van der Waals surface area contributed by atoms with E-state index in [-0.39, 0.29) is 35.1 Å². The van der Waals surface area contributed by atoms with Crippen molar-refractivity contribution in [1.82, 2.24) is 35.5 Å². The van der Waals surface area contributed by atoms with Gasteiger partial charge in [-0.25, -0.2) is 9.37 Å². The molecule has 3 aromatic heterocycles. The molecule has 0 saturated carbocycles. The van der Waals surface area contributed by atoms with E-state index in [4.69, 9.17) is 4.52 Å². The third kappa shape index (κ3) is 5.75. The van der Waals surface area contributed by atoms with Crippen molar-refractivity contribution in [2.75, 3.05) is 25.5 Å². The lowest BCUT2D eigenvalue weighted by atomic mass is 9.94. The molecule has 1 saturated heterocycles. The fourth-order valence-electron chi connectivity index (χ4n) is 4.63. The molecule has 0 bridgehead atoms. The first kappa shape index (κ1) is 25.9. The molecule has 0 aliphatic carbocycles. The number of carbonyl (C=O) groups excluding carboxylic acids is 2. The van der Waals surface area contributed by atoms with Crippen LogP contribution in [-0.4, -0.2) is 68.2 Å². The smallest absolute Gasteiger partial charge is 0.274 e. The van der Waals surface area contributed by atoms with Crippen LogP contribution in [0.4, 0.5) is 10.1 Å². The van der Waals surface area contributed by atoms with E-state index in [0.29, 0.717) is 42.4 Å². The van der Waals surface area contributed by atoms with Gasteiger partial charge in [0.15, 0.2) is 0 Å². The highest BCUT2D eigenvalue weighted by Crippen LogP contribution is 2.29. The number of nitrogens with one attached hydrogen (secondary N) is 3. The summed E-state index contributed by atoms with van der Waals surface area (Å²) in [5, 5.41) is 16.3. The fraction of sp³-hybridized carbons (Fsp3) is 0.259. The van der Waals surface area contributed by atoms with E-state index >= 15 is 0 Å².